The molecule has 0 spiro atoms. The van der Waals surface area contributed by atoms with Crippen LogP contribution in [0.4, 0.5) is 13.2 Å². The van der Waals surface area contributed by atoms with Gasteiger partial charge in [-0.1, -0.05) is 19.3 Å². The monoisotopic (exact) mass is 706 g/mol. The fraction of sp³-hybridized carbons (Fsp3) is 0.514. The van der Waals surface area contributed by atoms with Crippen LogP contribution in [0, 0.1) is 0 Å². The van der Waals surface area contributed by atoms with E-state index in [0.717, 1.165) is 77.0 Å². The average molecular weight is 707 g/mol. The first-order valence-electron chi connectivity index (χ1n) is 17.3. The Morgan fingerprint density at radius 3 is 0.979 bits per heavy atom. The van der Waals surface area contributed by atoms with Gasteiger partial charge < -0.3 is 14.2 Å². The summed E-state index contributed by atoms with van der Waals surface area (Å²) >= 11 is 0. The van der Waals surface area contributed by atoms with Crippen molar-refractivity contribution in [2.24, 2.45) is 0 Å². The minimum Gasteiger partial charge on any atom is -0.490 e. The summed E-state index contributed by atoms with van der Waals surface area (Å²) in [5, 5.41) is 0. The molecule has 6 nitrogen and oxygen atoms in total. The van der Waals surface area contributed by atoms with Crippen molar-refractivity contribution in [1.82, 2.24) is 0 Å². The molecule has 262 valence electrons. The predicted molar refractivity (Wildman–Crippen MR) is 180 cm³/mol. The number of halogens is 3. The summed E-state index contributed by atoms with van der Waals surface area (Å²) in [5.41, 5.74) is -5.64. The van der Waals surface area contributed by atoms with Crippen molar-refractivity contribution in [2.75, 3.05) is 0 Å². The second-order valence-corrected chi connectivity index (χ2v) is 17.5. The van der Waals surface area contributed by atoms with Crippen LogP contribution in [0.5, 0.6) is 17.2 Å². The number of rotatable bonds is 11. The molecule has 0 amide bonds. The predicted octanol–water partition coefficient (Wildman–Crippen LogP) is 10.9. The number of benzene rings is 3. The van der Waals surface area contributed by atoms with Gasteiger partial charge in [-0.3, -0.25) is 0 Å². The fourth-order valence-electron chi connectivity index (χ4n) is 6.95. The summed E-state index contributed by atoms with van der Waals surface area (Å²) in [4.78, 5) is 0.856. The second kappa shape index (κ2) is 15.3. The van der Waals surface area contributed by atoms with Crippen LogP contribution in [0.3, 0.4) is 0 Å². The maximum atomic E-state index is 14.1. The van der Waals surface area contributed by atoms with Gasteiger partial charge >= 0.3 is 15.6 Å². The largest absolute Gasteiger partial charge is 0.524 e. The lowest BCUT2D eigenvalue weighted by Crippen LogP contribution is -2.27. The molecule has 3 aromatic carbocycles. The molecule has 0 unspecified atom stereocenters. The average Bonchev–Trinajstić information content (AvgIpc) is 3.09. The molecule has 0 N–H and O–H groups in total. The number of ether oxygens (including phenoxy) is 3. The Morgan fingerprint density at radius 1 is 0.458 bits per heavy atom. The van der Waals surface area contributed by atoms with E-state index in [1.54, 1.807) is 72.8 Å². The van der Waals surface area contributed by atoms with Crippen molar-refractivity contribution >= 4 is 20.4 Å². The maximum Gasteiger partial charge on any atom is 0.524 e. The molecule has 0 heterocycles. The lowest BCUT2D eigenvalue weighted by Gasteiger charge is -2.39. The van der Waals surface area contributed by atoms with Crippen molar-refractivity contribution in [3.8, 4) is 17.2 Å². The molecule has 11 heteroatoms. The molecular formula is C37H45F3O6S2. The Balaban J connectivity index is 1.41. The van der Waals surface area contributed by atoms with Gasteiger partial charge in [0.15, 0.2) is 0 Å². The van der Waals surface area contributed by atoms with Crippen LogP contribution < -0.4 is 14.2 Å². The number of hydrogen-bond acceptors (Lipinski definition) is 6. The first-order chi connectivity index (χ1) is 23.1. The lowest BCUT2D eigenvalue weighted by molar-refractivity contribution is -0.0496. The Labute approximate surface area is 284 Å². The SMILES string of the molecule is O=S(=O)(OS(c1ccc(OC2CCCCC2)cc1)(c1ccc(OC2CCCCC2)cc1)c1ccc(OC2CCCCC2)cc1)C(F)(F)F. The van der Waals surface area contributed by atoms with Crippen LogP contribution in [-0.2, 0) is 13.7 Å². The molecule has 3 saturated carbocycles. The Hall–Kier alpha value is -2.89. The third kappa shape index (κ3) is 8.28. The van der Waals surface area contributed by atoms with Crippen molar-refractivity contribution in [3.63, 3.8) is 0 Å². The smallest absolute Gasteiger partial charge is 0.490 e. The highest BCUT2D eigenvalue weighted by atomic mass is 32.3. The molecule has 6 rings (SSSR count). The highest BCUT2D eigenvalue weighted by Crippen LogP contribution is 2.71. The number of hydrogen-bond donors (Lipinski definition) is 0. The third-order valence-corrected chi connectivity index (χ3v) is 14.4. The summed E-state index contributed by atoms with van der Waals surface area (Å²) in [6, 6.07) is 19.9. The van der Waals surface area contributed by atoms with Crippen molar-refractivity contribution in [2.45, 2.75) is 135 Å². The minimum absolute atomic E-state index is 0.0666. The van der Waals surface area contributed by atoms with E-state index >= 15 is 0 Å². The standard InChI is InChI=1S/C37H45F3O6S2/c38-37(39,40)48(41,42)46-47(34-22-16-31(17-23-34)43-28-10-4-1-5-11-28,35-24-18-32(19-25-35)44-29-12-6-2-7-13-29)36-26-20-33(21-27-36)45-30-14-8-3-9-15-30/h16-30H,1-15H2. The van der Waals surface area contributed by atoms with Gasteiger partial charge in [0.25, 0.3) is 0 Å². The van der Waals surface area contributed by atoms with Gasteiger partial charge in [-0.25, -0.2) is 0 Å². The van der Waals surface area contributed by atoms with Crippen LogP contribution in [0.1, 0.15) is 96.3 Å². The zero-order valence-electron chi connectivity index (χ0n) is 27.2. The molecule has 3 aliphatic carbocycles. The van der Waals surface area contributed by atoms with E-state index in [-0.39, 0.29) is 33.0 Å². The summed E-state index contributed by atoms with van der Waals surface area (Å²) in [6.45, 7) is 0. The van der Waals surface area contributed by atoms with Crippen LogP contribution in [0.25, 0.3) is 0 Å². The normalized spacial score (nSPS) is 19.5. The summed E-state index contributed by atoms with van der Waals surface area (Å²) in [7, 11) is -9.55. The zero-order valence-corrected chi connectivity index (χ0v) is 28.8. The first-order valence-corrected chi connectivity index (χ1v) is 20.2. The van der Waals surface area contributed by atoms with Gasteiger partial charge in [0.2, 0.25) is 0 Å². The van der Waals surface area contributed by atoms with Crippen LogP contribution in [0.2, 0.25) is 0 Å². The van der Waals surface area contributed by atoms with E-state index < -0.39 is 25.9 Å². The fourth-order valence-corrected chi connectivity index (χ4v) is 11.7. The van der Waals surface area contributed by atoms with E-state index in [2.05, 4.69) is 0 Å². The molecule has 0 aromatic heterocycles. The second-order valence-electron chi connectivity index (χ2n) is 13.1. The number of alkyl halides is 3. The molecule has 0 atom stereocenters. The highest BCUT2D eigenvalue weighted by Gasteiger charge is 2.52. The summed E-state index contributed by atoms with van der Waals surface area (Å²) in [5.74, 6) is 1.72. The van der Waals surface area contributed by atoms with E-state index in [0.29, 0.717) is 17.2 Å². The Morgan fingerprint density at radius 2 is 0.729 bits per heavy atom. The molecule has 0 bridgehead atoms. The van der Waals surface area contributed by atoms with Crippen molar-refractivity contribution < 1.29 is 39.4 Å². The lowest BCUT2D eigenvalue weighted by atomic mass is 9.98. The van der Waals surface area contributed by atoms with Gasteiger partial charge in [-0.05, 0) is 160 Å². The molecule has 3 aromatic rings. The molecule has 48 heavy (non-hydrogen) atoms. The van der Waals surface area contributed by atoms with E-state index in [1.165, 1.54) is 19.3 Å². The third-order valence-electron chi connectivity index (χ3n) is 9.51. The van der Waals surface area contributed by atoms with Crippen molar-refractivity contribution in [3.05, 3.63) is 72.8 Å². The topological polar surface area (TPSA) is 71.1 Å². The van der Waals surface area contributed by atoms with Crippen LogP contribution in [-0.4, -0.2) is 32.2 Å². The van der Waals surface area contributed by atoms with Crippen LogP contribution >= 0.6 is 10.3 Å². The van der Waals surface area contributed by atoms with Gasteiger partial charge in [0, 0.05) is 14.7 Å². The summed E-state index contributed by atoms with van der Waals surface area (Å²) < 4.78 is 92.5. The quantitative estimate of drug-likeness (QED) is 0.185. The minimum atomic E-state index is -6.05. The Kier molecular flexibility index (Phi) is 11.2. The molecule has 0 aliphatic heterocycles. The van der Waals surface area contributed by atoms with E-state index in [1.807, 2.05) is 0 Å². The van der Waals surface area contributed by atoms with Crippen LogP contribution in [0.15, 0.2) is 87.5 Å². The molecule has 0 radical (unpaired) electrons. The molecule has 3 aliphatic rings. The maximum absolute atomic E-state index is 14.1. The molecule has 0 saturated heterocycles. The van der Waals surface area contributed by atoms with Gasteiger partial charge in [-0.15, -0.1) is 0 Å². The van der Waals surface area contributed by atoms with Gasteiger partial charge in [-0.2, -0.15) is 25.2 Å². The first kappa shape index (κ1) is 35.0. The Bertz CT molecular complexity index is 1410. The van der Waals surface area contributed by atoms with Gasteiger partial charge in [0.05, 0.1) is 18.3 Å². The van der Waals surface area contributed by atoms with Gasteiger partial charge in [0.1, 0.15) is 17.2 Å². The van der Waals surface area contributed by atoms with E-state index in [9.17, 15) is 21.6 Å². The summed E-state index contributed by atoms with van der Waals surface area (Å²) in [6.07, 6.45) is 15.8. The van der Waals surface area contributed by atoms with Crippen molar-refractivity contribution in [1.29, 1.82) is 0 Å². The van der Waals surface area contributed by atoms with E-state index in [4.69, 9.17) is 17.8 Å². The molecular weight excluding hydrogens is 662 g/mol. The zero-order chi connectivity index (χ0) is 33.6. The highest BCUT2D eigenvalue weighted by molar-refractivity contribution is 8.33. The molecule has 3 fully saturated rings.